The molecule has 1 aromatic carbocycles. The Morgan fingerprint density at radius 1 is 1.22 bits per heavy atom. The van der Waals surface area contributed by atoms with Crippen molar-refractivity contribution < 1.29 is 4.79 Å². The van der Waals surface area contributed by atoms with Crippen LogP contribution in [0.2, 0.25) is 0 Å². The highest BCUT2D eigenvalue weighted by Gasteiger charge is 2.13. The van der Waals surface area contributed by atoms with E-state index in [2.05, 4.69) is 21.2 Å². The van der Waals surface area contributed by atoms with Gasteiger partial charge in [-0.1, -0.05) is 6.07 Å². The Labute approximate surface area is 119 Å². The van der Waals surface area contributed by atoms with E-state index in [-0.39, 0.29) is 5.91 Å². The SMILES string of the molecule is Cc1ccc(NC(=O)c2cc(C)sc2C)c(Br)c1. The number of halogens is 1. The second-order valence-electron chi connectivity index (χ2n) is 4.26. The molecule has 0 aliphatic carbocycles. The van der Waals surface area contributed by atoms with Gasteiger partial charge in [0.2, 0.25) is 0 Å². The van der Waals surface area contributed by atoms with Crippen molar-refractivity contribution >= 4 is 38.9 Å². The van der Waals surface area contributed by atoms with Crippen molar-refractivity contribution in [3.63, 3.8) is 0 Å². The van der Waals surface area contributed by atoms with Crippen molar-refractivity contribution in [1.82, 2.24) is 0 Å². The predicted octanol–water partition coefficient (Wildman–Crippen LogP) is 4.69. The minimum Gasteiger partial charge on any atom is -0.321 e. The number of aryl methyl sites for hydroxylation is 3. The van der Waals surface area contributed by atoms with Gasteiger partial charge < -0.3 is 5.32 Å². The van der Waals surface area contributed by atoms with Gasteiger partial charge in [0.05, 0.1) is 11.3 Å². The molecule has 0 spiro atoms. The number of benzene rings is 1. The van der Waals surface area contributed by atoms with Gasteiger partial charge in [0.25, 0.3) is 5.91 Å². The molecule has 94 valence electrons. The van der Waals surface area contributed by atoms with E-state index in [9.17, 15) is 4.79 Å². The molecule has 0 unspecified atom stereocenters. The molecule has 1 N–H and O–H groups in total. The van der Waals surface area contributed by atoms with E-state index >= 15 is 0 Å². The van der Waals surface area contributed by atoms with Crippen LogP contribution in [0.3, 0.4) is 0 Å². The van der Waals surface area contributed by atoms with Gasteiger partial charge in [0, 0.05) is 14.2 Å². The predicted molar refractivity (Wildman–Crippen MR) is 80.6 cm³/mol. The smallest absolute Gasteiger partial charge is 0.256 e. The van der Waals surface area contributed by atoms with E-state index in [1.54, 1.807) is 11.3 Å². The van der Waals surface area contributed by atoms with Crippen LogP contribution < -0.4 is 5.32 Å². The van der Waals surface area contributed by atoms with Crippen LogP contribution in [-0.2, 0) is 0 Å². The molecule has 2 nitrogen and oxygen atoms in total. The molecule has 0 saturated heterocycles. The number of nitrogens with one attached hydrogen (secondary N) is 1. The lowest BCUT2D eigenvalue weighted by atomic mass is 10.2. The van der Waals surface area contributed by atoms with Crippen LogP contribution in [0.15, 0.2) is 28.7 Å². The van der Waals surface area contributed by atoms with Crippen molar-refractivity contribution in [3.05, 3.63) is 49.6 Å². The van der Waals surface area contributed by atoms with Crippen molar-refractivity contribution in [2.24, 2.45) is 0 Å². The molecule has 1 amide bonds. The van der Waals surface area contributed by atoms with Gasteiger partial charge in [-0.15, -0.1) is 11.3 Å². The molecule has 0 aliphatic heterocycles. The van der Waals surface area contributed by atoms with E-state index < -0.39 is 0 Å². The number of hydrogen-bond donors (Lipinski definition) is 1. The van der Waals surface area contributed by atoms with Crippen LogP contribution >= 0.6 is 27.3 Å². The monoisotopic (exact) mass is 323 g/mol. The zero-order valence-corrected chi connectivity index (χ0v) is 12.9. The summed E-state index contributed by atoms with van der Waals surface area (Å²) in [7, 11) is 0. The average molecular weight is 324 g/mol. The van der Waals surface area contributed by atoms with Crippen molar-refractivity contribution in [3.8, 4) is 0 Å². The number of carbonyl (C=O) groups is 1. The second-order valence-corrected chi connectivity index (χ2v) is 6.58. The Morgan fingerprint density at radius 2 is 1.94 bits per heavy atom. The molecule has 2 aromatic rings. The fraction of sp³-hybridized carbons (Fsp3) is 0.214. The highest BCUT2D eigenvalue weighted by atomic mass is 79.9. The number of anilines is 1. The molecular formula is C14H14BrNOS. The maximum atomic E-state index is 12.2. The highest BCUT2D eigenvalue weighted by Crippen LogP contribution is 2.26. The van der Waals surface area contributed by atoms with Gasteiger partial charge in [-0.05, 0) is 60.5 Å². The Balaban J connectivity index is 2.24. The topological polar surface area (TPSA) is 29.1 Å². The fourth-order valence-corrected chi connectivity index (χ4v) is 3.28. The third-order valence-corrected chi connectivity index (χ3v) is 4.28. The lowest BCUT2D eigenvalue weighted by Gasteiger charge is -2.07. The standard InChI is InChI=1S/C14H14BrNOS/c1-8-4-5-13(12(15)6-8)16-14(17)11-7-9(2)18-10(11)3/h4-7H,1-3H3,(H,16,17). The first-order valence-electron chi connectivity index (χ1n) is 5.62. The quantitative estimate of drug-likeness (QED) is 0.853. The number of carbonyl (C=O) groups excluding carboxylic acids is 1. The molecule has 1 heterocycles. The minimum absolute atomic E-state index is 0.0543. The maximum Gasteiger partial charge on any atom is 0.256 e. The molecule has 2 rings (SSSR count). The van der Waals surface area contributed by atoms with E-state index in [0.29, 0.717) is 0 Å². The third-order valence-electron chi connectivity index (χ3n) is 2.66. The summed E-state index contributed by atoms with van der Waals surface area (Å²) >= 11 is 5.10. The van der Waals surface area contributed by atoms with Crippen LogP contribution in [0.1, 0.15) is 25.7 Å². The van der Waals surface area contributed by atoms with Crippen molar-refractivity contribution in [1.29, 1.82) is 0 Å². The summed E-state index contributed by atoms with van der Waals surface area (Å²) < 4.78 is 0.903. The van der Waals surface area contributed by atoms with E-state index in [1.807, 2.05) is 45.0 Å². The van der Waals surface area contributed by atoms with Crippen LogP contribution in [0, 0.1) is 20.8 Å². The number of thiophene rings is 1. The molecular weight excluding hydrogens is 310 g/mol. The van der Waals surface area contributed by atoms with Crippen molar-refractivity contribution in [2.45, 2.75) is 20.8 Å². The number of rotatable bonds is 2. The molecule has 4 heteroatoms. The van der Waals surface area contributed by atoms with Gasteiger partial charge in [-0.25, -0.2) is 0 Å². The third kappa shape index (κ3) is 2.82. The van der Waals surface area contributed by atoms with E-state index in [0.717, 1.165) is 31.0 Å². The van der Waals surface area contributed by atoms with Crippen molar-refractivity contribution in [2.75, 3.05) is 5.32 Å². The van der Waals surface area contributed by atoms with Crippen LogP contribution in [0.4, 0.5) is 5.69 Å². The minimum atomic E-state index is -0.0543. The molecule has 1 aromatic heterocycles. The summed E-state index contributed by atoms with van der Waals surface area (Å²) in [6, 6.07) is 7.80. The molecule has 0 bridgehead atoms. The molecule has 0 radical (unpaired) electrons. The first-order valence-corrected chi connectivity index (χ1v) is 7.23. The number of hydrogen-bond acceptors (Lipinski definition) is 2. The summed E-state index contributed by atoms with van der Waals surface area (Å²) in [5.74, 6) is -0.0543. The first kappa shape index (κ1) is 13.3. The van der Waals surface area contributed by atoms with Gasteiger partial charge in [0.1, 0.15) is 0 Å². The first-order chi connectivity index (χ1) is 8.47. The van der Waals surface area contributed by atoms with Crippen LogP contribution in [-0.4, -0.2) is 5.91 Å². The Kier molecular flexibility index (Phi) is 3.88. The largest absolute Gasteiger partial charge is 0.321 e. The Bertz CT molecular complexity index is 604. The zero-order chi connectivity index (χ0) is 13.3. The Hall–Kier alpha value is -1.13. The lowest BCUT2D eigenvalue weighted by Crippen LogP contribution is -2.12. The summed E-state index contributed by atoms with van der Waals surface area (Å²) in [5, 5.41) is 2.93. The summed E-state index contributed by atoms with van der Waals surface area (Å²) in [6.07, 6.45) is 0. The van der Waals surface area contributed by atoms with E-state index in [4.69, 9.17) is 0 Å². The molecule has 0 atom stereocenters. The highest BCUT2D eigenvalue weighted by molar-refractivity contribution is 9.10. The summed E-state index contributed by atoms with van der Waals surface area (Å²) in [4.78, 5) is 14.4. The molecule has 0 fully saturated rings. The molecule has 0 saturated carbocycles. The van der Waals surface area contributed by atoms with Gasteiger partial charge in [-0.2, -0.15) is 0 Å². The normalized spacial score (nSPS) is 10.4. The maximum absolute atomic E-state index is 12.2. The zero-order valence-electron chi connectivity index (χ0n) is 10.5. The fourth-order valence-electron chi connectivity index (χ4n) is 1.77. The molecule has 0 aliphatic rings. The second kappa shape index (κ2) is 5.24. The average Bonchev–Trinajstić information content (AvgIpc) is 2.62. The van der Waals surface area contributed by atoms with Gasteiger partial charge in [0.15, 0.2) is 0 Å². The van der Waals surface area contributed by atoms with Gasteiger partial charge >= 0.3 is 0 Å². The van der Waals surface area contributed by atoms with Crippen LogP contribution in [0.5, 0.6) is 0 Å². The van der Waals surface area contributed by atoms with E-state index in [1.165, 1.54) is 0 Å². The summed E-state index contributed by atoms with van der Waals surface area (Å²) in [6.45, 7) is 6.00. The van der Waals surface area contributed by atoms with Crippen LogP contribution in [0.25, 0.3) is 0 Å². The lowest BCUT2D eigenvalue weighted by molar-refractivity contribution is 0.102. The molecule has 18 heavy (non-hydrogen) atoms. The Morgan fingerprint density at radius 3 is 2.50 bits per heavy atom. The number of amides is 1. The summed E-state index contributed by atoms with van der Waals surface area (Å²) in [5.41, 5.74) is 2.71. The van der Waals surface area contributed by atoms with Gasteiger partial charge in [-0.3, -0.25) is 4.79 Å².